The Bertz CT molecular complexity index is 2440. The first-order chi connectivity index (χ1) is 31.2. The summed E-state index contributed by atoms with van der Waals surface area (Å²) in [6, 6.07) is 12.6. The van der Waals surface area contributed by atoms with Gasteiger partial charge in [0.2, 0.25) is 17.7 Å². The van der Waals surface area contributed by atoms with Gasteiger partial charge in [-0.15, -0.1) is 0 Å². The van der Waals surface area contributed by atoms with E-state index in [-0.39, 0.29) is 43.7 Å². The second kappa shape index (κ2) is 17.2. The van der Waals surface area contributed by atoms with Crippen molar-refractivity contribution in [2.45, 2.75) is 114 Å². The number of aliphatic hydroxyl groups excluding tert-OH is 2. The van der Waals surface area contributed by atoms with Gasteiger partial charge in [0.1, 0.15) is 24.9 Å². The van der Waals surface area contributed by atoms with E-state index < -0.39 is 118 Å². The van der Waals surface area contributed by atoms with Crippen LogP contribution >= 0.6 is 0 Å². The van der Waals surface area contributed by atoms with Gasteiger partial charge in [-0.2, -0.15) is 0 Å². The van der Waals surface area contributed by atoms with Gasteiger partial charge in [-0.05, 0) is 86.9 Å². The van der Waals surface area contributed by atoms with Crippen LogP contribution in [0.25, 0.3) is 0 Å². The van der Waals surface area contributed by atoms with Crippen molar-refractivity contribution in [3.05, 3.63) is 101 Å². The second-order valence-electron chi connectivity index (χ2n) is 18.9. The molecule has 350 valence electrons. The monoisotopic (exact) mass is 912 g/mol. The first-order valence-electron chi connectivity index (χ1n) is 22.3. The smallest absolute Gasteiger partial charge is 0.253 e. The van der Waals surface area contributed by atoms with Crippen LogP contribution in [0, 0.1) is 22.7 Å². The lowest BCUT2D eigenvalue weighted by molar-refractivity contribution is -0.235. The largest absolute Gasteiger partial charge is 0.390 e. The van der Waals surface area contributed by atoms with Crippen LogP contribution in [-0.2, 0) is 43.0 Å². The molecule has 2 aromatic rings. The Morgan fingerprint density at radius 1 is 0.864 bits per heavy atom. The van der Waals surface area contributed by atoms with Gasteiger partial charge in [0.15, 0.2) is 29.1 Å². The number of ether oxygens (including phenoxy) is 2. The van der Waals surface area contributed by atoms with Crippen LogP contribution in [-0.4, -0.2) is 111 Å². The maximum absolute atomic E-state index is 17.8. The first-order valence-corrected chi connectivity index (χ1v) is 22.3. The summed E-state index contributed by atoms with van der Waals surface area (Å²) in [5.74, 6) is -5.63. The van der Waals surface area contributed by atoms with Crippen LogP contribution in [0.5, 0.6) is 0 Å². The van der Waals surface area contributed by atoms with E-state index in [1.165, 1.54) is 32.9 Å². The van der Waals surface area contributed by atoms with Crippen LogP contribution in [0.3, 0.4) is 0 Å². The molecule has 0 aromatic heterocycles. The number of nitrogens with zero attached hydrogens (tertiary/aromatic N) is 1. The number of hydrogen-bond acceptors (Lipinski definition) is 11. The van der Waals surface area contributed by atoms with E-state index in [0.29, 0.717) is 11.3 Å². The van der Waals surface area contributed by atoms with Gasteiger partial charge in [0.25, 0.3) is 11.8 Å². The van der Waals surface area contributed by atoms with Crippen molar-refractivity contribution in [2.75, 3.05) is 18.5 Å². The predicted molar refractivity (Wildman–Crippen MR) is 232 cm³/mol. The average molecular weight is 913 g/mol. The highest BCUT2D eigenvalue weighted by molar-refractivity contribution is 6.13. The molecule has 5 amide bonds. The molecular weight excluding hydrogens is 859 g/mol. The number of carbonyl (C=O) groups is 7. The highest BCUT2D eigenvalue weighted by Crippen LogP contribution is 2.72. The molecule has 4 fully saturated rings. The van der Waals surface area contributed by atoms with E-state index in [1.54, 1.807) is 19.1 Å². The third kappa shape index (κ3) is 7.43. The number of carbonyl (C=O) groups excluding carboxylic acids is 7. The Balaban J connectivity index is 0.882. The Morgan fingerprint density at radius 2 is 1.48 bits per heavy atom. The van der Waals surface area contributed by atoms with Gasteiger partial charge in [-0.1, -0.05) is 56.3 Å². The molecular formula is C49H54F2N4O11. The summed E-state index contributed by atoms with van der Waals surface area (Å²) in [5.41, 5.74) is -4.05. The molecule has 6 aliphatic rings. The summed E-state index contributed by atoms with van der Waals surface area (Å²) >= 11 is 0. The minimum absolute atomic E-state index is 0.000116. The van der Waals surface area contributed by atoms with Crippen LogP contribution in [0.4, 0.5) is 14.5 Å². The SMILES string of the molecule is C[C@H](c1ccc(NC(=O)[C@H](C)NC(=O)[C@H](C)NC(=O)CCN2C(=O)C=CC2=O)cc1)c1ccc([C@@H]2O[C@@H]3C[C@H]4[C@@H]5C[C@H](F)C6=CC(=O)C=C[C@]6(C)[C@@]5(F)[C@@H](O)C[C@]4(C)[C@]3(C(=O)CO)O2)cc1. The molecule has 2 aromatic carbocycles. The van der Waals surface area contributed by atoms with Crippen molar-refractivity contribution in [1.82, 2.24) is 15.5 Å². The summed E-state index contributed by atoms with van der Waals surface area (Å²) < 4.78 is 46.8. The minimum Gasteiger partial charge on any atom is -0.390 e. The van der Waals surface area contributed by atoms with Gasteiger partial charge in [0.05, 0.1) is 12.2 Å². The number of halogens is 2. The van der Waals surface area contributed by atoms with Crippen LogP contribution in [0.15, 0.2) is 84.5 Å². The maximum Gasteiger partial charge on any atom is 0.253 e. The number of nitrogens with one attached hydrogen (secondary N) is 3. The Labute approximate surface area is 380 Å². The van der Waals surface area contributed by atoms with Gasteiger partial charge >= 0.3 is 0 Å². The molecule has 0 radical (unpaired) electrons. The number of imide groups is 1. The van der Waals surface area contributed by atoms with E-state index in [0.717, 1.165) is 34.3 Å². The molecule has 0 unspecified atom stereocenters. The van der Waals surface area contributed by atoms with Gasteiger partial charge in [0, 0.05) is 59.0 Å². The van der Waals surface area contributed by atoms with E-state index in [9.17, 15) is 43.8 Å². The van der Waals surface area contributed by atoms with Gasteiger partial charge < -0.3 is 35.6 Å². The molecule has 13 atom stereocenters. The number of anilines is 1. The molecule has 5 N–H and O–H groups in total. The lowest BCUT2D eigenvalue weighted by atomic mass is 9.44. The van der Waals surface area contributed by atoms with Crippen molar-refractivity contribution in [2.24, 2.45) is 22.7 Å². The van der Waals surface area contributed by atoms with E-state index >= 15 is 8.78 Å². The molecule has 8 rings (SSSR count). The fourth-order valence-electron chi connectivity index (χ4n) is 11.6. The van der Waals surface area contributed by atoms with E-state index in [4.69, 9.17) is 9.47 Å². The quantitative estimate of drug-likeness (QED) is 0.183. The Kier molecular flexibility index (Phi) is 12.2. The zero-order valence-corrected chi connectivity index (χ0v) is 37.2. The first kappa shape index (κ1) is 46.8. The highest BCUT2D eigenvalue weighted by Gasteiger charge is 2.80. The number of ketones is 2. The minimum atomic E-state index is -2.35. The normalized spacial score (nSPS) is 34.3. The maximum atomic E-state index is 17.8. The summed E-state index contributed by atoms with van der Waals surface area (Å²) in [6.07, 6.45) is 0.0583. The topological polar surface area (TPSA) is 218 Å². The molecule has 3 saturated carbocycles. The molecule has 66 heavy (non-hydrogen) atoms. The summed E-state index contributed by atoms with van der Waals surface area (Å²) in [4.78, 5) is 88.6. The number of allylic oxidation sites excluding steroid dienone is 4. The molecule has 0 bridgehead atoms. The molecule has 2 heterocycles. The Hall–Kier alpha value is -5.75. The number of Topliss-reactive ketones (excluding diaryl/α,β-unsaturated/α-hetero) is 1. The zero-order valence-electron chi connectivity index (χ0n) is 37.2. The molecule has 1 saturated heterocycles. The Morgan fingerprint density at radius 3 is 2.12 bits per heavy atom. The van der Waals surface area contributed by atoms with E-state index in [1.807, 2.05) is 43.3 Å². The molecule has 4 aliphatic carbocycles. The van der Waals surface area contributed by atoms with Crippen molar-refractivity contribution in [3.8, 4) is 0 Å². The number of aliphatic hydroxyl groups is 2. The van der Waals surface area contributed by atoms with Crippen LogP contribution in [0.2, 0.25) is 0 Å². The van der Waals surface area contributed by atoms with Crippen molar-refractivity contribution in [1.29, 1.82) is 0 Å². The molecule has 2 aliphatic heterocycles. The lowest BCUT2D eigenvalue weighted by Gasteiger charge is -2.63. The van der Waals surface area contributed by atoms with Gasteiger partial charge in [-0.25, -0.2) is 8.78 Å². The molecule has 0 spiro atoms. The standard InChI is InChI=1S/C49H54F2N4O11/c1-25(29-10-12-31(13-11-29)54-44(64)27(3)53-43(63)26(2)52-40(60)17-19-55-41(61)14-15-42(55)62)28-6-8-30(9-7-28)45-65-39-22-33-34-21-36(50)35-20-32(57)16-18-46(35,4)48(34,51)37(58)23-47(33,5)49(39,66-45)38(59)24-56/h6-16,18,20,25-27,33-34,36-37,39,45,56,58H,17,19,21-24H2,1-5H3,(H,52,60)(H,53,63)(H,54,64)/t25-,26-,27-,33-,34-,36-,37-,39+,45+,46-,47-,48-,49+/m0/s1. The average Bonchev–Trinajstić information content (AvgIpc) is 3.92. The van der Waals surface area contributed by atoms with Gasteiger partial charge in [-0.3, -0.25) is 38.5 Å². The van der Waals surface area contributed by atoms with Crippen LogP contribution < -0.4 is 16.0 Å². The second-order valence-corrected chi connectivity index (χ2v) is 18.9. The summed E-state index contributed by atoms with van der Waals surface area (Å²) in [6.45, 7) is 7.17. The molecule has 15 nitrogen and oxygen atoms in total. The summed E-state index contributed by atoms with van der Waals surface area (Å²) in [7, 11) is 0. The summed E-state index contributed by atoms with van der Waals surface area (Å²) in [5, 5.41) is 30.0. The lowest BCUT2D eigenvalue weighted by Crippen LogP contribution is -2.70. The van der Waals surface area contributed by atoms with Crippen molar-refractivity contribution >= 4 is 46.8 Å². The zero-order chi connectivity index (χ0) is 47.7. The van der Waals surface area contributed by atoms with Crippen LogP contribution in [0.1, 0.15) is 89.2 Å². The predicted octanol–water partition coefficient (Wildman–Crippen LogP) is 3.74. The third-order valence-corrected chi connectivity index (χ3v) is 15.3. The number of rotatable bonds is 13. The number of alkyl halides is 2. The fourth-order valence-corrected chi connectivity index (χ4v) is 11.6. The fraction of sp³-hybridized carbons (Fsp3) is 0.490. The number of benzene rings is 2. The highest BCUT2D eigenvalue weighted by atomic mass is 19.1. The number of amides is 5. The van der Waals surface area contributed by atoms with Crippen molar-refractivity contribution < 1.29 is 62.0 Å². The molecule has 17 heteroatoms. The number of fused-ring (bicyclic) bond motifs is 7. The number of hydrogen-bond donors (Lipinski definition) is 5. The van der Waals surface area contributed by atoms with Crippen molar-refractivity contribution in [3.63, 3.8) is 0 Å². The third-order valence-electron chi connectivity index (χ3n) is 15.3. The van der Waals surface area contributed by atoms with E-state index in [2.05, 4.69) is 16.0 Å².